The maximum absolute atomic E-state index is 14.2. The minimum absolute atomic E-state index is 0.0602. The number of rotatable bonds is 5. The van der Waals surface area contributed by atoms with Gasteiger partial charge in [-0.05, 0) is 91.6 Å². The average Bonchev–Trinajstić information content (AvgIpc) is 3.45. The second-order valence-electron chi connectivity index (χ2n) is 11.3. The molecule has 5 nitrogen and oxygen atoms in total. The molecule has 1 fully saturated rings. The summed E-state index contributed by atoms with van der Waals surface area (Å²) in [4.78, 5) is 27.9. The van der Waals surface area contributed by atoms with Gasteiger partial charge in [0.05, 0.1) is 19.1 Å². The normalized spacial score (nSPS) is 18.1. The maximum Gasteiger partial charge on any atom is 0.410 e. The standard InChI is InChI=1S/C32H33F2NO4/c1-5-38-29(36)16-20-10-11-26-25-9-7-6-8-19(25)14-27(26)30(20)28-15-22(21-12-23(33)17-24(34)13-21)18-35(28)31(37)39-32(2,3)4/h6-13,17,22,28H,5,14-16,18H2,1-4H3/t22-,28?/m1/s1. The van der Waals surface area contributed by atoms with Gasteiger partial charge in [-0.3, -0.25) is 4.79 Å². The molecule has 1 unspecified atom stereocenters. The van der Waals surface area contributed by atoms with Crippen molar-refractivity contribution >= 4 is 12.1 Å². The first-order valence-electron chi connectivity index (χ1n) is 13.4. The van der Waals surface area contributed by atoms with Gasteiger partial charge in [0, 0.05) is 18.5 Å². The summed E-state index contributed by atoms with van der Waals surface area (Å²) in [6.45, 7) is 7.68. The highest BCUT2D eigenvalue weighted by Crippen LogP contribution is 2.48. The molecule has 1 aliphatic carbocycles. The van der Waals surface area contributed by atoms with Crippen molar-refractivity contribution in [2.75, 3.05) is 13.2 Å². The number of halogens is 2. The van der Waals surface area contributed by atoms with Gasteiger partial charge in [0.25, 0.3) is 0 Å². The number of ether oxygens (including phenoxy) is 2. The zero-order chi connectivity index (χ0) is 27.9. The second kappa shape index (κ2) is 10.4. The minimum Gasteiger partial charge on any atom is -0.466 e. The number of hydrogen-bond acceptors (Lipinski definition) is 4. The summed E-state index contributed by atoms with van der Waals surface area (Å²) >= 11 is 0. The molecule has 1 amide bonds. The highest BCUT2D eigenvalue weighted by Gasteiger charge is 2.42. The van der Waals surface area contributed by atoms with E-state index in [2.05, 4.69) is 12.1 Å². The molecule has 3 aromatic rings. The molecule has 7 heteroatoms. The summed E-state index contributed by atoms with van der Waals surface area (Å²) < 4.78 is 39.5. The third-order valence-electron chi connectivity index (χ3n) is 7.38. The van der Waals surface area contributed by atoms with Crippen LogP contribution < -0.4 is 0 Å². The minimum atomic E-state index is -0.729. The van der Waals surface area contributed by atoms with Gasteiger partial charge in [-0.1, -0.05) is 36.4 Å². The lowest BCUT2D eigenvalue weighted by Crippen LogP contribution is -2.37. The highest BCUT2D eigenvalue weighted by atomic mass is 19.1. The van der Waals surface area contributed by atoms with Crippen molar-refractivity contribution in [2.45, 2.75) is 64.5 Å². The fourth-order valence-electron chi connectivity index (χ4n) is 5.90. The molecule has 0 N–H and O–H groups in total. The number of fused-ring (bicyclic) bond motifs is 3. The van der Waals surface area contributed by atoms with E-state index in [1.54, 1.807) is 32.6 Å². The van der Waals surface area contributed by atoms with E-state index in [0.717, 1.165) is 33.9 Å². The summed E-state index contributed by atoms with van der Waals surface area (Å²) in [5.74, 6) is -1.98. The smallest absolute Gasteiger partial charge is 0.410 e. The van der Waals surface area contributed by atoms with Crippen LogP contribution in [0.5, 0.6) is 0 Å². The van der Waals surface area contributed by atoms with Crippen LogP contribution in [-0.4, -0.2) is 35.7 Å². The molecule has 5 rings (SSSR count). The Morgan fingerprint density at radius 3 is 2.41 bits per heavy atom. The largest absolute Gasteiger partial charge is 0.466 e. The van der Waals surface area contributed by atoms with Crippen LogP contribution in [0.1, 0.15) is 73.9 Å². The van der Waals surface area contributed by atoms with E-state index in [-0.39, 0.29) is 31.5 Å². The molecule has 0 spiro atoms. The predicted molar refractivity (Wildman–Crippen MR) is 144 cm³/mol. The molecule has 3 aromatic carbocycles. The summed E-state index contributed by atoms with van der Waals surface area (Å²) in [5.41, 5.74) is 5.86. The zero-order valence-corrected chi connectivity index (χ0v) is 22.7. The van der Waals surface area contributed by atoms with Gasteiger partial charge in [-0.25, -0.2) is 13.6 Å². The fourth-order valence-corrected chi connectivity index (χ4v) is 5.90. The van der Waals surface area contributed by atoms with Crippen molar-refractivity contribution in [3.05, 3.63) is 94.0 Å². The lowest BCUT2D eigenvalue weighted by atomic mass is 9.86. The van der Waals surface area contributed by atoms with Crippen LogP contribution in [0.2, 0.25) is 0 Å². The molecule has 1 saturated heterocycles. The monoisotopic (exact) mass is 533 g/mol. The van der Waals surface area contributed by atoms with Crippen molar-refractivity contribution in [3.63, 3.8) is 0 Å². The van der Waals surface area contributed by atoms with Crippen LogP contribution in [0.15, 0.2) is 54.6 Å². The number of nitrogens with zero attached hydrogens (tertiary/aromatic N) is 1. The second-order valence-corrected chi connectivity index (χ2v) is 11.3. The number of likely N-dealkylation sites (tertiary alicyclic amines) is 1. The number of hydrogen-bond donors (Lipinski definition) is 0. The highest BCUT2D eigenvalue weighted by molar-refractivity contribution is 5.81. The number of esters is 1. The molecule has 1 heterocycles. The van der Waals surface area contributed by atoms with E-state index in [1.165, 1.54) is 17.7 Å². The van der Waals surface area contributed by atoms with Gasteiger partial charge in [0.15, 0.2) is 0 Å². The van der Waals surface area contributed by atoms with Crippen molar-refractivity contribution in [3.8, 4) is 11.1 Å². The van der Waals surface area contributed by atoms with Gasteiger partial charge in [-0.15, -0.1) is 0 Å². The molecule has 204 valence electrons. The van der Waals surface area contributed by atoms with E-state index in [9.17, 15) is 18.4 Å². The Kier molecular flexibility index (Phi) is 7.19. The molecule has 2 aliphatic rings. The summed E-state index contributed by atoms with van der Waals surface area (Å²) in [6, 6.07) is 15.2. The van der Waals surface area contributed by atoms with E-state index >= 15 is 0 Å². The molecular weight excluding hydrogens is 500 g/mol. The quantitative estimate of drug-likeness (QED) is 0.257. The van der Waals surface area contributed by atoms with Crippen LogP contribution in [0, 0.1) is 11.6 Å². The van der Waals surface area contributed by atoms with E-state index in [1.807, 2.05) is 24.3 Å². The Balaban J connectivity index is 1.63. The van der Waals surface area contributed by atoms with E-state index in [0.29, 0.717) is 18.4 Å². The molecule has 0 aromatic heterocycles. The third-order valence-corrected chi connectivity index (χ3v) is 7.38. The molecule has 0 bridgehead atoms. The third kappa shape index (κ3) is 5.54. The SMILES string of the molecule is CCOC(=O)Cc1ccc2c(c1C1C[C@@H](c3cc(F)cc(F)c3)CN1C(=O)OC(C)(C)C)Cc1ccccc1-2. The average molecular weight is 534 g/mol. The number of benzene rings is 3. The van der Waals surface area contributed by atoms with Crippen molar-refractivity contribution < 1.29 is 27.8 Å². The fraction of sp³-hybridized carbons (Fsp3) is 0.375. The molecule has 0 saturated carbocycles. The Hall–Kier alpha value is -3.74. The molecule has 39 heavy (non-hydrogen) atoms. The van der Waals surface area contributed by atoms with Gasteiger partial charge < -0.3 is 14.4 Å². The van der Waals surface area contributed by atoms with Crippen LogP contribution in [0.25, 0.3) is 11.1 Å². The lowest BCUT2D eigenvalue weighted by Gasteiger charge is -2.31. The molecule has 0 radical (unpaired) electrons. The van der Waals surface area contributed by atoms with Crippen LogP contribution in [0.3, 0.4) is 0 Å². The van der Waals surface area contributed by atoms with Crippen LogP contribution in [-0.2, 0) is 27.1 Å². The van der Waals surface area contributed by atoms with Gasteiger partial charge in [-0.2, -0.15) is 0 Å². The predicted octanol–water partition coefficient (Wildman–Crippen LogP) is 7.11. The Morgan fingerprint density at radius 2 is 1.72 bits per heavy atom. The molecule has 2 atom stereocenters. The maximum atomic E-state index is 14.2. The first-order chi connectivity index (χ1) is 18.5. The summed E-state index contributed by atoms with van der Waals surface area (Å²) in [7, 11) is 0. The van der Waals surface area contributed by atoms with Gasteiger partial charge in [0.1, 0.15) is 17.2 Å². The van der Waals surface area contributed by atoms with Crippen molar-refractivity contribution in [1.29, 1.82) is 0 Å². The zero-order valence-electron chi connectivity index (χ0n) is 22.7. The molecule has 1 aliphatic heterocycles. The Labute approximate surface area is 227 Å². The summed E-state index contributed by atoms with van der Waals surface area (Å²) in [5, 5.41) is 0. The Morgan fingerprint density at radius 1 is 1.00 bits per heavy atom. The molecular formula is C32H33F2NO4. The number of carbonyl (C=O) groups excluding carboxylic acids is 2. The van der Waals surface area contributed by atoms with Crippen molar-refractivity contribution in [1.82, 2.24) is 4.90 Å². The van der Waals surface area contributed by atoms with E-state index in [4.69, 9.17) is 9.47 Å². The Bertz CT molecular complexity index is 1410. The van der Waals surface area contributed by atoms with Crippen LogP contribution >= 0.6 is 0 Å². The first-order valence-corrected chi connectivity index (χ1v) is 13.4. The topological polar surface area (TPSA) is 55.8 Å². The van der Waals surface area contributed by atoms with Gasteiger partial charge in [0.2, 0.25) is 0 Å². The first kappa shape index (κ1) is 26.9. The number of amides is 1. The number of carbonyl (C=O) groups is 2. The van der Waals surface area contributed by atoms with E-state index < -0.39 is 29.4 Å². The van der Waals surface area contributed by atoms with Crippen molar-refractivity contribution in [2.24, 2.45) is 0 Å². The summed E-state index contributed by atoms with van der Waals surface area (Å²) in [6.07, 6.45) is 0.660. The van der Waals surface area contributed by atoms with Gasteiger partial charge >= 0.3 is 12.1 Å². The lowest BCUT2D eigenvalue weighted by molar-refractivity contribution is -0.142. The van der Waals surface area contributed by atoms with Crippen LogP contribution in [0.4, 0.5) is 13.6 Å².